The highest BCUT2D eigenvalue weighted by molar-refractivity contribution is 6.30. The number of hydrazone groups is 1. The molecule has 0 fully saturated rings. The molecule has 0 spiro atoms. The number of nitrogens with one attached hydrogen (secondary N) is 1. The van der Waals surface area contributed by atoms with E-state index in [9.17, 15) is 4.79 Å². The van der Waals surface area contributed by atoms with Crippen LogP contribution in [-0.2, 0) is 11.3 Å². The second-order valence-corrected chi connectivity index (χ2v) is 6.59. The second-order valence-electron chi connectivity index (χ2n) is 6.16. The fourth-order valence-corrected chi connectivity index (χ4v) is 2.81. The van der Waals surface area contributed by atoms with Gasteiger partial charge in [0.15, 0.2) is 0 Å². The van der Waals surface area contributed by atoms with E-state index in [0.717, 1.165) is 16.6 Å². The van der Waals surface area contributed by atoms with E-state index in [-0.39, 0.29) is 12.5 Å². The Morgan fingerprint density at radius 3 is 2.76 bits per heavy atom. The Bertz CT molecular complexity index is 1170. The van der Waals surface area contributed by atoms with Gasteiger partial charge in [0.2, 0.25) is 0 Å². The highest BCUT2D eigenvalue weighted by Gasteiger charge is 2.07. The van der Waals surface area contributed by atoms with Crippen molar-refractivity contribution in [1.82, 2.24) is 20.4 Å². The number of aromatic nitrogens is 3. The summed E-state index contributed by atoms with van der Waals surface area (Å²) in [5.41, 5.74) is 4.80. The first kappa shape index (κ1) is 18.6. The number of hydrogen-bond donors (Lipinski definition) is 1. The van der Waals surface area contributed by atoms with E-state index in [0.29, 0.717) is 16.5 Å². The Morgan fingerprint density at radius 1 is 1.07 bits per heavy atom. The number of carbonyl (C=O) groups is 1. The van der Waals surface area contributed by atoms with Gasteiger partial charge in [-0.25, -0.2) is 10.1 Å². The van der Waals surface area contributed by atoms with Crippen molar-refractivity contribution >= 4 is 34.8 Å². The molecule has 1 amide bonds. The predicted molar refractivity (Wildman–Crippen MR) is 111 cm³/mol. The highest BCUT2D eigenvalue weighted by atomic mass is 35.5. The molecule has 1 aromatic heterocycles. The number of ether oxygens (including phenoxy) is 1. The Balaban J connectivity index is 1.36. The summed E-state index contributed by atoms with van der Waals surface area (Å²) in [6, 6.07) is 21.9. The summed E-state index contributed by atoms with van der Waals surface area (Å²) in [6.45, 7) is 0.0254. The highest BCUT2D eigenvalue weighted by Crippen LogP contribution is 2.23. The molecule has 0 bridgehead atoms. The average Bonchev–Trinajstić information content (AvgIpc) is 3.13. The van der Waals surface area contributed by atoms with E-state index < -0.39 is 0 Å². The number of carbonyl (C=O) groups excluding carboxylic acids is 1. The summed E-state index contributed by atoms with van der Waals surface area (Å²) < 4.78 is 7.31. The van der Waals surface area contributed by atoms with Crippen molar-refractivity contribution in [3.05, 3.63) is 83.4 Å². The van der Waals surface area contributed by atoms with Crippen molar-refractivity contribution in [1.29, 1.82) is 0 Å². The lowest BCUT2D eigenvalue weighted by atomic mass is 10.2. The Morgan fingerprint density at radius 2 is 1.90 bits per heavy atom. The average molecular weight is 406 g/mol. The summed E-state index contributed by atoms with van der Waals surface area (Å²) in [5, 5.41) is 12.7. The van der Waals surface area contributed by atoms with Gasteiger partial charge < -0.3 is 4.74 Å². The SMILES string of the molecule is O=C(Cn1nnc2ccccc21)N/N=C\c1cccc(Oc2ccc(Cl)cc2)c1. The molecule has 0 aliphatic carbocycles. The predicted octanol–water partition coefficient (Wildman–Crippen LogP) is 4.03. The van der Waals surface area contributed by atoms with Gasteiger partial charge in [-0.15, -0.1) is 5.10 Å². The maximum atomic E-state index is 12.1. The van der Waals surface area contributed by atoms with Gasteiger partial charge in [-0.3, -0.25) is 4.79 Å². The lowest BCUT2D eigenvalue weighted by Crippen LogP contribution is -2.23. The van der Waals surface area contributed by atoms with E-state index in [4.69, 9.17) is 16.3 Å². The first-order chi connectivity index (χ1) is 14.2. The minimum Gasteiger partial charge on any atom is -0.457 e. The number of nitrogens with zero attached hydrogens (tertiary/aromatic N) is 4. The van der Waals surface area contributed by atoms with E-state index in [1.807, 2.05) is 48.5 Å². The van der Waals surface area contributed by atoms with Crippen LogP contribution in [0.3, 0.4) is 0 Å². The third kappa shape index (κ3) is 4.77. The topological polar surface area (TPSA) is 81.4 Å². The van der Waals surface area contributed by atoms with Crippen molar-refractivity contribution in [2.24, 2.45) is 5.10 Å². The summed E-state index contributed by atoms with van der Waals surface area (Å²) in [6.07, 6.45) is 1.55. The number of halogens is 1. The minimum absolute atomic E-state index is 0.0254. The molecule has 0 saturated carbocycles. The van der Waals surface area contributed by atoms with Gasteiger partial charge in [0, 0.05) is 5.02 Å². The monoisotopic (exact) mass is 405 g/mol. The Kier molecular flexibility index (Phi) is 5.49. The number of para-hydroxylation sites is 1. The molecule has 3 aromatic carbocycles. The van der Waals surface area contributed by atoms with Crippen molar-refractivity contribution in [2.75, 3.05) is 0 Å². The van der Waals surface area contributed by atoms with Crippen LogP contribution < -0.4 is 10.2 Å². The van der Waals surface area contributed by atoms with Crippen LogP contribution in [0.4, 0.5) is 0 Å². The van der Waals surface area contributed by atoms with Gasteiger partial charge in [-0.2, -0.15) is 5.10 Å². The Hall–Kier alpha value is -3.71. The smallest absolute Gasteiger partial charge is 0.261 e. The fraction of sp³-hybridized carbons (Fsp3) is 0.0476. The molecule has 0 aliphatic rings. The molecule has 8 heteroatoms. The third-order valence-corrected chi connectivity index (χ3v) is 4.28. The zero-order valence-electron chi connectivity index (χ0n) is 15.2. The van der Waals surface area contributed by atoms with Crippen molar-refractivity contribution in [3.8, 4) is 11.5 Å². The molecule has 7 nitrogen and oxygen atoms in total. The van der Waals surface area contributed by atoms with Crippen LogP contribution in [-0.4, -0.2) is 27.1 Å². The summed E-state index contributed by atoms with van der Waals surface area (Å²) in [7, 11) is 0. The standard InChI is InChI=1S/C21H16ClN5O2/c22-16-8-10-17(11-9-16)29-18-5-3-4-15(12-18)13-23-25-21(28)14-27-20-7-2-1-6-19(20)24-26-27/h1-13H,14H2,(H,25,28)/b23-13-. The number of fused-ring (bicyclic) bond motifs is 1. The summed E-state index contributed by atoms with van der Waals surface area (Å²) in [5.74, 6) is 1.03. The van der Waals surface area contributed by atoms with E-state index in [2.05, 4.69) is 20.8 Å². The molecule has 0 aliphatic heterocycles. The number of rotatable bonds is 6. The zero-order chi connectivity index (χ0) is 20.1. The molecule has 1 heterocycles. The lowest BCUT2D eigenvalue weighted by Gasteiger charge is -2.06. The molecule has 1 N–H and O–H groups in total. The van der Waals surface area contributed by atoms with Gasteiger partial charge in [0.05, 0.1) is 11.7 Å². The maximum Gasteiger partial charge on any atom is 0.261 e. The van der Waals surface area contributed by atoms with Crippen LogP contribution in [0.1, 0.15) is 5.56 Å². The van der Waals surface area contributed by atoms with Crippen LogP contribution in [0, 0.1) is 0 Å². The van der Waals surface area contributed by atoms with Crippen LogP contribution in [0.25, 0.3) is 11.0 Å². The fourth-order valence-electron chi connectivity index (χ4n) is 2.68. The minimum atomic E-state index is -0.300. The second kappa shape index (κ2) is 8.53. The molecule has 0 radical (unpaired) electrons. The first-order valence-electron chi connectivity index (χ1n) is 8.81. The summed E-state index contributed by atoms with van der Waals surface area (Å²) >= 11 is 5.88. The lowest BCUT2D eigenvalue weighted by molar-refractivity contribution is -0.121. The van der Waals surface area contributed by atoms with Gasteiger partial charge >= 0.3 is 0 Å². The third-order valence-electron chi connectivity index (χ3n) is 4.02. The molecule has 29 heavy (non-hydrogen) atoms. The summed E-state index contributed by atoms with van der Waals surface area (Å²) in [4.78, 5) is 12.1. The normalized spacial score (nSPS) is 11.1. The molecule has 4 rings (SSSR count). The molecule has 0 atom stereocenters. The quantitative estimate of drug-likeness (QED) is 0.388. The molecule has 144 valence electrons. The molecular formula is C21H16ClN5O2. The number of hydrogen-bond acceptors (Lipinski definition) is 5. The number of amides is 1. The number of benzene rings is 3. The molecule has 0 saturated heterocycles. The van der Waals surface area contributed by atoms with E-state index in [1.54, 1.807) is 30.5 Å². The van der Waals surface area contributed by atoms with Gasteiger partial charge in [0.1, 0.15) is 23.6 Å². The molecule has 0 unspecified atom stereocenters. The van der Waals surface area contributed by atoms with Gasteiger partial charge in [0.25, 0.3) is 5.91 Å². The van der Waals surface area contributed by atoms with Crippen LogP contribution in [0.2, 0.25) is 5.02 Å². The van der Waals surface area contributed by atoms with Crippen LogP contribution in [0.15, 0.2) is 77.9 Å². The van der Waals surface area contributed by atoms with Gasteiger partial charge in [-0.1, -0.05) is 41.1 Å². The van der Waals surface area contributed by atoms with Crippen molar-refractivity contribution in [3.63, 3.8) is 0 Å². The zero-order valence-corrected chi connectivity index (χ0v) is 16.0. The largest absolute Gasteiger partial charge is 0.457 e. The van der Waals surface area contributed by atoms with E-state index in [1.165, 1.54) is 4.68 Å². The van der Waals surface area contributed by atoms with Gasteiger partial charge in [-0.05, 0) is 54.1 Å². The Labute approximate surface area is 171 Å². The van der Waals surface area contributed by atoms with Crippen molar-refractivity contribution < 1.29 is 9.53 Å². The maximum absolute atomic E-state index is 12.1. The first-order valence-corrected chi connectivity index (χ1v) is 9.19. The van der Waals surface area contributed by atoms with Crippen molar-refractivity contribution in [2.45, 2.75) is 6.54 Å². The van der Waals surface area contributed by atoms with Crippen LogP contribution in [0.5, 0.6) is 11.5 Å². The molecule has 4 aromatic rings. The van der Waals surface area contributed by atoms with E-state index >= 15 is 0 Å². The van der Waals surface area contributed by atoms with Crippen LogP contribution >= 0.6 is 11.6 Å². The molecular weight excluding hydrogens is 390 g/mol.